The first-order valence-electron chi connectivity index (χ1n) is 10.8. The number of rotatable bonds is 7. The molecule has 4 rings (SSSR count). The van der Waals surface area contributed by atoms with E-state index in [4.69, 9.17) is 9.84 Å². The zero-order chi connectivity index (χ0) is 24.2. The van der Waals surface area contributed by atoms with Gasteiger partial charge in [-0.3, -0.25) is 14.9 Å². The van der Waals surface area contributed by atoms with Crippen LogP contribution in [0, 0.1) is 5.82 Å². The van der Waals surface area contributed by atoms with Gasteiger partial charge in [-0.2, -0.15) is 0 Å². The van der Waals surface area contributed by atoms with E-state index in [1.807, 2.05) is 48.5 Å². The SMILES string of the molecule is C[C@H](CC(=O)O)NC(=O)c1cc(F)cc(NC(=O)OCC2c3ccccc3-c3ccccc32)c1. The molecule has 8 heteroatoms. The van der Waals surface area contributed by atoms with E-state index in [1.165, 1.54) is 13.0 Å². The lowest BCUT2D eigenvalue weighted by atomic mass is 9.98. The number of hydrogen-bond donors (Lipinski definition) is 3. The van der Waals surface area contributed by atoms with E-state index in [9.17, 15) is 18.8 Å². The Morgan fingerprint density at radius 2 is 1.62 bits per heavy atom. The lowest BCUT2D eigenvalue weighted by Crippen LogP contribution is -2.34. The summed E-state index contributed by atoms with van der Waals surface area (Å²) in [5.41, 5.74) is 4.34. The summed E-state index contributed by atoms with van der Waals surface area (Å²) in [6.45, 7) is 1.62. The molecule has 0 fully saturated rings. The van der Waals surface area contributed by atoms with Crippen LogP contribution in [0.15, 0.2) is 66.7 Å². The first-order chi connectivity index (χ1) is 16.3. The third-order valence-electron chi connectivity index (χ3n) is 5.61. The number of anilines is 1. The number of fused-ring (bicyclic) bond motifs is 3. The smallest absolute Gasteiger partial charge is 0.411 e. The van der Waals surface area contributed by atoms with Crippen LogP contribution in [0.25, 0.3) is 11.1 Å². The topological polar surface area (TPSA) is 105 Å². The summed E-state index contributed by atoms with van der Waals surface area (Å²) >= 11 is 0. The van der Waals surface area contributed by atoms with Gasteiger partial charge in [0.1, 0.15) is 12.4 Å². The number of carbonyl (C=O) groups is 3. The molecule has 0 unspecified atom stereocenters. The molecule has 3 N–H and O–H groups in total. The minimum Gasteiger partial charge on any atom is -0.481 e. The summed E-state index contributed by atoms with van der Waals surface area (Å²) < 4.78 is 19.5. The number of carbonyl (C=O) groups excluding carboxylic acids is 2. The number of benzene rings is 3. The van der Waals surface area contributed by atoms with Gasteiger partial charge in [0.15, 0.2) is 0 Å². The number of hydrogen-bond acceptors (Lipinski definition) is 4. The van der Waals surface area contributed by atoms with Gasteiger partial charge in [-0.25, -0.2) is 9.18 Å². The molecule has 0 aliphatic heterocycles. The van der Waals surface area contributed by atoms with Gasteiger partial charge in [0.2, 0.25) is 0 Å². The number of amides is 2. The van der Waals surface area contributed by atoms with Gasteiger partial charge >= 0.3 is 12.1 Å². The van der Waals surface area contributed by atoms with Gasteiger partial charge in [-0.05, 0) is 47.4 Å². The molecule has 7 nitrogen and oxygen atoms in total. The quantitative estimate of drug-likeness (QED) is 0.469. The molecule has 1 atom stereocenters. The summed E-state index contributed by atoms with van der Waals surface area (Å²) in [7, 11) is 0. The van der Waals surface area contributed by atoms with Gasteiger partial charge in [-0.15, -0.1) is 0 Å². The van der Waals surface area contributed by atoms with Crippen molar-refractivity contribution in [3.05, 3.63) is 89.2 Å². The Morgan fingerprint density at radius 3 is 2.24 bits per heavy atom. The Labute approximate surface area is 195 Å². The van der Waals surface area contributed by atoms with Crippen LogP contribution < -0.4 is 10.6 Å². The Bertz CT molecular complexity index is 1210. The fourth-order valence-corrected chi connectivity index (χ4v) is 4.17. The molecule has 1 aliphatic rings. The molecule has 3 aromatic rings. The van der Waals surface area contributed by atoms with E-state index >= 15 is 0 Å². The highest BCUT2D eigenvalue weighted by molar-refractivity contribution is 5.96. The Kier molecular flexibility index (Phi) is 6.58. The highest BCUT2D eigenvalue weighted by Gasteiger charge is 2.29. The molecule has 0 heterocycles. The Balaban J connectivity index is 1.42. The zero-order valence-corrected chi connectivity index (χ0v) is 18.4. The van der Waals surface area contributed by atoms with E-state index in [0.717, 1.165) is 34.4 Å². The second-order valence-corrected chi connectivity index (χ2v) is 8.15. The lowest BCUT2D eigenvalue weighted by Gasteiger charge is -2.15. The van der Waals surface area contributed by atoms with Gasteiger partial charge in [0.05, 0.1) is 6.42 Å². The van der Waals surface area contributed by atoms with Crippen molar-refractivity contribution in [2.24, 2.45) is 0 Å². The monoisotopic (exact) mass is 462 g/mol. The van der Waals surface area contributed by atoms with Crippen molar-refractivity contribution in [2.45, 2.75) is 25.3 Å². The molecule has 0 aromatic heterocycles. The molecule has 3 aromatic carbocycles. The Hall–Kier alpha value is -4.20. The van der Waals surface area contributed by atoms with Crippen LogP contribution >= 0.6 is 0 Å². The lowest BCUT2D eigenvalue weighted by molar-refractivity contribution is -0.137. The minimum absolute atomic E-state index is 0.0493. The van der Waals surface area contributed by atoms with E-state index in [2.05, 4.69) is 10.6 Å². The van der Waals surface area contributed by atoms with Crippen LogP contribution in [0.4, 0.5) is 14.9 Å². The van der Waals surface area contributed by atoms with E-state index < -0.39 is 29.8 Å². The van der Waals surface area contributed by atoms with Crippen LogP contribution in [0.2, 0.25) is 0 Å². The summed E-state index contributed by atoms with van der Waals surface area (Å²) in [6, 6.07) is 18.6. The third kappa shape index (κ3) is 5.06. The molecule has 0 radical (unpaired) electrons. The number of carboxylic acids is 1. The fourth-order valence-electron chi connectivity index (χ4n) is 4.17. The number of nitrogens with one attached hydrogen (secondary N) is 2. The maximum Gasteiger partial charge on any atom is 0.411 e. The molecule has 0 spiro atoms. The van der Waals surface area contributed by atoms with Crippen LogP contribution in [-0.2, 0) is 9.53 Å². The predicted octanol–water partition coefficient (Wildman–Crippen LogP) is 4.78. The van der Waals surface area contributed by atoms with Crippen molar-refractivity contribution in [1.29, 1.82) is 0 Å². The standard InChI is InChI=1S/C26H23FN2O5/c1-15(10-24(30)31)28-25(32)16-11-17(27)13-18(12-16)29-26(33)34-14-23-21-8-4-2-6-19(21)20-7-3-5-9-22(20)23/h2-9,11-13,15,23H,10,14H2,1H3,(H,28,32)(H,29,33)(H,30,31)/t15-/m1/s1. The average Bonchev–Trinajstić information content (AvgIpc) is 3.10. The minimum atomic E-state index is -1.07. The summed E-state index contributed by atoms with van der Waals surface area (Å²) in [5, 5.41) is 13.8. The second kappa shape index (κ2) is 9.74. The summed E-state index contributed by atoms with van der Waals surface area (Å²) in [6.07, 6.45) is -1.05. The van der Waals surface area contributed by atoms with Crippen LogP contribution in [0.5, 0.6) is 0 Å². The number of aliphatic carboxylic acids is 1. The second-order valence-electron chi connectivity index (χ2n) is 8.15. The normalized spacial score (nSPS) is 12.9. The molecular formula is C26H23FN2O5. The molecule has 2 amide bonds. The number of ether oxygens (including phenoxy) is 1. The van der Waals surface area contributed by atoms with Gasteiger partial charge in [-0.1, -0.05) is 48.5 Å². The van der Waals surface area contributed by atoms with E-state index in [1.54, 1.807) is 0 Å². The summed E-state index contributed by atoms with van der Waals surface area (Å²) in [5.74, 6) is -2.57. The molecule has 0 saturated heterocycles. The zero-order valence-electron chi connectivity index (χ0n) is 18.4. The Morgan fingerprint density at radius 1 is 1.00 bits per heavy atom. The van der Waals surface area contributed by atoms with Crippen molar-refractivity contribution in [3.63, 3.8) is 0 Å². The van der Waals surface area contributed by atoms with Gasteiger partial charge < -0.3 is 15.2 Å². The summed E-state index contributed by atoms with van der Waals surface area (Å²) in [4.78, 5) is 35.6. The first kappa shape index (κ1) is 23.0. The largest absolute Gasteiger partial charge is 0.481 e. The van der Waals surface area contributed by atoms with Crippen molar-refractivity contribution in [1.82, 2.24) is 5.32 Å². The molecule has 1 aliphatic carbocycles. The predicted molar refractivity (Wildman–Crippen MR) is 124 cm³/mol. The van der Waals surface area contributed by atoms with Crippen LogP contribution in [0.1, 0.15) is 40.7 Å². The fraction of sp³-hybridized carbons (Fsp3) is 0.192. The van der Waals surface area contributed by atoms with E-state index in [0.29, 0.717) is 0 Å². The number of carboxylic acid groups (broad SMARTS) is 1. The molecular weight excluding hydrogens is 439 g/mol. The van der Waals surface area contributed by atoms with Crippen molar-refractivity contribution < 1.29 is 28.6 Å². The van der Waals surface area contributed by atoms with Crippen molar-refractivity contribution in [2.75, 3.05) is 11.9 Å². The maximum absolute atomic E-state index is 14.1. The first-order valence-corrected chi connectivity index (χ1v) is 10.8. The number of halogens is 1. The third-order valence-corrected chi connectivity index (χ3v) is 5.61. The van der Waals surface area contributed by atoms with Gasteiger partial charge in [0, 0.05) is 23.2 Å². The van der Waals surface area contributed by atoms with Crippen LogP contribution in [-0.4, -0.2) is 35.7 Å². The van der Waals surface area contributed by atoms with Crippen molar-refractivity contribution >= 4 is 23.7 Å². The molecule has 0 saturated carbocycles. The van der Waals surface area contributed by atoms with E-state index in [-0.39, 0.29) is 30.2 Å². The van der Waals surface area contributed by atoms with Gasteiger partial charge in [0.25, 0.3) is 5.91 Å². The maximum atomic E-state index is 14.1. The van der Waals surface area contributed by atoms with Crippen LogP contribution in [0.3, 0.4) is 0 Å². The highest BCUT2D eigenvalue weighted by atomic mass is 19.1. The van der Waals surface area contributed by atoms with Crippen molar-refractivity contribution in [3.8, 4) is 11.1 Å². The molecule has 0 bridgehead atoms. The average molecular weight is 462 g/mol. The molecule has 174 valence electrons. The molecule has 34 heavy (non-hydrogen) atoms. The highest BCUT2D eigenvalue weighted by Crippen LogP contribution is 2.44.